The highest BCUT2D eigenvalue weighted by molar-refractivity contribution is 9.10. The molecule has 2 heterocycles. The summed E-state index contributed by atoms with van der Waals surface area (Å²) < 4.78 is 12.6. The molecule has 5 aromatic rings. The fourth-order valence-corrected chi connectivity index (χ4v) is 3.67. The van der Waals surface area contributed by atoms with Crippen LogP contribution in [0.15, 0.2) is 74.0 Å². The minimum atomic E-state index is -0.458. The quantitative estimate of drug-likeness (QED) is 0.255. The topological polar surface area (TPSA) is 95.2 Å². The molecule has 2 aromatic heterocycles. The molecule has 0 unspecified atom stereocenters. The van der Waals surface area contributed by atoms with Gasteiger partial charge in [0.15, 0.2) is 5.76 Å². The lowest BCUT2D eigenvalue weighted by Gasteiger charge is -2.00. The first-order chi connectivity index (χ1) is 13.6. The summed E-state index contributed by atoms with van der Waals surface area (Å²) in [5.74, 6) is 0.958. The van der Waals surface area contributed by atoms with Gasteiger partial charge in [-0.05, 0) is 35.0 Å². The maximum atomic E-state index is 10.8. The van der Waals surface area contributed by atoms with Gasteiger partial charge in [-0.15, -0.1) is 10.2 Å². The monoisotopic (exact) mass is 435 g/mol. The fraction of sp³-hybridized carbons (Fsp3) is 0. The van der Waals surface area contributed by atoms with Crippen LogP contribution in [0.1, 0.15) is 0 Å². The zero-order valence-electron chi connectivity index (χ0n) is 14.1. The Morgan fingerprint density at radius 1 is 0.857 bits per heavy atom. The Morgan fingerprint density at radius 2 is 1.57 bits per heavy atom. The van der Waals surface area contributed by atoms with E-state index in [-0.39, 0.29) is 17.5 Å². The fourth-order valence-electron chi connectivity index (χ4n) is 3.11. The van der Waals surface area contributed by atoms with Gasteiger partial charge in [-0.3, -0.25) is 10.1 Å². The van der Waals surface area contributed by atoms with Crippen molar-refractivity contribution in [1.82, 2.24) is 10.2 Å². The van der Waals surface area contributed by atoms with Crippen LogP contribution < -0.4 is 0 Å². The molecule has 0 atom stereocenters. The number of furan rings is 1. The molecule has 0 saturated heterocycles. The summed E-state index contributed by atoms with van der Waals surface area (Å²) in [4.78, 5) is 10.3. The summed E-state index contributed by atoms with van der Waals surface area (Å²) in [6, 6.07) is 17.7. The van der Waals surface area contributed by atoms with Crippen LogP contribution in [0.4, 0.5) is 5.69 Å². The van der Waals surface area contributed by atoms with Crippen LogP contribution in [-0.2, 0) is 0 Å². The Morgan fingerprint density at radius 3 is 2.32 bits per heavy atom. The Bertz CT molecular complexity index is 1360. The molecule has 0 N–H and O–H groups in total. The average Bonchev–Trinajstić information content (AvgIpc) is 3.35. The van der Waals surface area contributed by atoms with Gasteiger partial charge in [-0.25, -0.2) is 0 Å². The third-order valence-electron chi connectivity index (χ3n) is 4.45. The number of aromatic nitrogens is 2. The number of nitrogens with zero attached hydrogens (tertiary/aromatic N) is 3. The average molecular weight is 436 g/mol. The number of benzene rings is 3. The van der Waals surface area contributed by atoms with Crippen LogP contribution in [0.2, 0.25) is 0 Å². The summed E-state index contributed by atoms with van der Waals surface area (Å²) in [5.41, 5.74) is 1.29. The number of rotatable bonds is 3. The third-order valence-corrected chi connectivity index (χ3v) is 5.11. The standard InChI is InChI=1S/C20H10BrN3O4/c21-16-10-17-15(13-3-1-2-4-14(13)16)9-18(27-17)20-23-22-19(28-20)11-5-7-12(8-6-11)24(25)26/h1-10H. The van der Waals surface area contributed by atoms with Crippen molar-refractivity contribution < 1.29 is 13.8 Å². The van der Waals surface area contributed by atoms with Crippen molar-refractivity contribution in [2.75, 3.05) is 0 Å². The second-order valence-corrected chi connectivity index (χ2v) is 7.00. The van der Waals surface area contributed by atoms with E-state index < -0.39 is 4.92 Å². The molecule has 0 amide bonds. The molecule has 28 heavy (non-hydrogen) atoms. The summed E-state index contributed by atoms with van der Waals surface area (Å²) in [7, 11) is 0. The van der Waals surface area contributed by atoms with Crippen molar-refractivity contribution in [3.8, 4) is 23.1 Å². The number of non-ortho nitro benzene ring substituents is 1. The second-order valence-electron chi connectivity index (χ2n) is 6.14. The lowest BCUT2D eigenvalue weighted by Crippen LogP contribution is -1.87. The normalized spacial score (nSPS) is 11.3. The predicted octanol–water partition coefficient (Wildman–Crippen LogP) is 5.97. The van der Waals surface area contributed by atoms with Crippen LogP contribution >= 0.6 is 15.9 Å². The van der Waals surface area contributed by atoms with Crippen molar-refractivity contribution >= 4 is 43.4 Å². The molecular weight excluding hydrogens is 426 g/mol. The van der Waals surface area contributed by atoms with Crippen LogP contribution in [0.25, 0.3) is 44.8 Å². The van der Waals surface area contributed by atoms with E-state index in [2.05, 4.69) is 26.1 Å². The first-order valence-corrected chi connectivity index (χ1v) is 9.09. The van der Waals surface area contributed by atoms with Gasteiger partial charge in [0, 0.05) is 27.6 Å². The smallest absolute Gasteiger partial charge is 0.283 e. The molecule has 0 radical (unpaired) electrons. The second kappa shape index (κ2) is 6.28. The van der Waals surface area contributed by atoms with Crippen LogP contribution in [-0.4, -0.2) is 15.1 Å². The van der Waals surface area contributed by atoms with E-state index in [4.69, 9.17) is 8.83 Å². The summed E-state index contributed by atoms with van der Waals surface area (Å²) >= 11 is 3.57. The number of nitro benzene ring substituents is 1. The molecule has 0 spiro atoms. The first kappa shape index (κ1) is 16.6. The molecule has 0 aliphatic carbocycles. The molecule has 0 aliphatic heterocycles. The van der Waals surface area contributed by atoms with Gasteiger partial charge in [0.25, 0.3) is 11.6 Å². The third kappa shape index (κ3) is 2.66. The number of hydrogen-bond donors (Lipinski definition) is 0. The molecule has 0 fully saturated rings. The molecule has 8 heteroatoms. The number of nitro groups is 1. The van der Waals surface area contributed by atoms with Crippen molar-refractivity contribution in [3.05, 3.63) is 75.3 Å². The largest absolute Gasteiger partial charge is 0.451 e. The molecule has 0 bridgehead atoms. The maximum absolute atomic E-state index is 10.8. The summed E-state index contributed by atoms with van der Waals surface area (Å²) in [5, 5.41) is 22.0. The van der Waals surface area contributed by atoms with Crippen molar-refractivity contribution in [3.63, 3.8) is 0 Å². The molecule has 0 aliphatic rings. The SMILES string of the molecule is O=[N+]([O-])c1ccc(-c2nnc(-c3cc4c(cc(Br)c5ccccc54)o3)o2)cc1. The van der Waals surface area contributed by atoms with E-state index in [1.165, 1.54) is 12.1 Å². The minimum absolute atomic E-state index is 0.00164. The van der Waals surface area contributed by atoms with Crippen molar-refractivity contribution in [1.29, 1.82) is 0 Å². The summed E-state index contributed by atoms with van der Waals surface area (Å²) in [6.45, 7) is 0. The van der Waals surface area contributed by atoms with Gasteiger partial charge in [0.1, 0.15) is 5.58 Å². The lowest BCUT2D eigenvalue weighted by molar-refractivity contribution is -0.384. The predicted molar refractivity (Wildman–Crippen MR) is 107 cm³/mol. The first-order valence-electron chi connectivity index (χ1n) is 8.29. The zero-order valence-corrected chi connectivity index (χ0v) is 15.7. The number of hydrogen-bond acceptors (Lipinski definition) is 6. The van der Waals surface area contributed by atoms with E-state index >= 15 is 0 Å². The highest BCUT2D eigenvalue weighted by Gasteiger charge is 2.17. The molecule has 5 rings (SSSR count). The number of fused-ring (bicyclic) bond motifs is 3. The summed E-state index contributed by atoms with van der Waals surface area (Å²) in [6.07, 6.45) is 0. The van der Waals surface area contributed by atoms with E-state index in [1.807, 2.05) is 36.4 Å². The van der Waals surface area contributed by atoms with E-state index in [0.717, 1.165) is 20.6 Å². The Balaban J connectivity index is 1.58. The molecule has 0 saturated carbocycles. The zero-order chi connectivity index (χ0) is 19.3. The van der Waals surface area contributed by atoms with E-state index in [9.17, 15) is 10.1 Å². The van der Waals surface area contributed by atoms with Crippen molar-refractivity contribution in [2.45, 2.75) is 0 Å². The molecular formula is C20H10BrN3O4. The van der Waals surface area contributed by atoms with Crippen LogP contribution in [0.5, 0.6) is 0 Å². The van der Waals surface area contributed by atoms with Gasteiger partial charge in [0.05, 0.1) is 4.92 Å². The molecule has 3 aromatic carbocycles. The van der Waals surface area contributed by atoms with Crippen LogP contribution in [0.3, 0.4) is 0 Å². The van der Waals surface area contributed by atoms with Crippen molar-refractivity contribution in [2.24, 2.45) is 0 Å². The minimum Gasteiger partial charge on any atom is -0.451 e. The highest BCUT2D eigenvalue weighted by Crippen LogP contribution is 2.36. The van der Waals surface area contributed by atoms with Crippen LogP contribution in [0, 0.1) is 10.1 Å². The van der Waals surface area contributed by atoms with Gasteiger partial charge in [0.2, 0.25) is 5.89 Å². The maximum Gasteiger partial charge on any atom is 0.283 e. The van der Waals surface area contributed by atoms with E-state index in [1.54, 1.807) is 12.1 Å². The Hall–Kier alpha value is -3.52. The highest BCUT2D eigenvalue weighted by atomic mass is 79.9. The van der Waals surface area contributed by atoms with Gasteiger partial charge in [-0.2, -0.15) is 0 Å². The van der Waals surface area contributed by atoms with Gasteiger partial charge >= 0.3 is 0 Å². The van der Waals surface area contributed by atoms with Gasteiger partial charge in [-0.1, -0.05) is 40.2 Å². The Labute approximate surface area is 165 Å². The lowest BCUT2D eigenvalue weighted by atomic mass is 10.1. The van der Waals surface area contributed by atoms with E-state index in [0.29, 0.717) is 16.9 Å². The number of halogens is 1. The Kier molecular flexibility index (Phi) is 3.73. The molecule has 7 nitrogen and oxygen atoms in total. The molecule has 136 valence electrons. The van der Waals surface area contributed by atoms with Gasteiger partial charge < -0.3 is 8.83 Å².